The molecular weight excluding hydrogens is 320 g/mol. The average Bonchev–Trinajstić information content (AvgIpc) is 2.64. The Balaban J connectivity index is 1.88. The van der Waals surface area contributed by atoms with Crippen molar-refractivity contribution in [3.05, 3.63) is 95.5 Å². The van der Waals surface area contributed by atoms with Crippen molar-refractivity contribution in [2.75, 3.05) is 5.43 Å². The van der Waals surface area contributed by atoms with Crippen LogP contribution in [-0.2, 0) is 0 Å². The number of benzene rings is 3. The molecule has 0 fully saturated rings. The highest BCUT2D eigenvalue weighted by atomic mass is 35.5. The summed E-state index contributed by atoms with van der Waals surface area (Å²) < 4.78 is 0. The van der Waals surface area contributed by atoms with Crippen LogP contribution in [0.2, 0.25) is 5.02 Å². The van der Waals surface area contributed by atoms with Gasteiger partial charge in [0.15, 0.2) is 0 Å². The number of halogens is 1. The highest BCUT2D eigenvalue weighted by Crippen LogP contribution is 2.15. The Kier molecular flexibility index (Phi) is 5.32. The fourth-order valence-electron chi connectivity index (χ4n) is 1.97. The van der Waals surface area contributed by atoms with E-state index in [1.54, 1.807) is 12.1 Å². The molecular formula is C19H15ClN4. The topological polar surface area (TPSA) is 49.1 Å². The van der Waals surface area contributed by atoms with E-state index in [0.29, 0.717) is 10.9 Å². The predicted molar refractivity (Wildman–Crippen MR) is 99.0 cm³/mol. The zero-order valence-corrected chi connectivity index (χ0v) is 13.6. The van der Waals surface area contributed by atoms with E-state index >= 15 is 0 Å². The smallest absolute Gasteiger partial charge is 0.201 e. The molecule has 24 heavy (non-hydrogen) atoms. The van der Waals surface area contributed by atoms with Gasteiger partial charge in [0, 0.05) is 10.6 Å². The van der Waals surface area contributed by atoms with E-state index in [0.717, 1.165) is 16.9 Å². The maximum Gasteiger partial charge on any atom is 0.201 e. The van der Waals surface area contributed by atoms with Gasteiger partial charge in [-0.05, 0) is 48.5 Å². The lowest BCUT2D eigenvalue weighted by molar-refractivity contribution is 1.22. The van der Waals surface area contributed by atoms with E-state index in [1.807, 2.05) is 72.8 Å². The summed E-state index contributed by atoms with van der Waals surface area (Å²) in [6.07, 6.45) is 0. The molecule has 0 aliphatic heterocycles. The van der Waals surface area contributed by atoms with Gasteiger partial charge in [0.2, 0.25) is 5.84 Å². The Labute approximate surface area is 145 Å². The van der Waals surface area contributed by atoms with Gasteiger partial charge in [0.25, 0.3) is 0 Å². The summed E-state index contributed by atoms with van der Waals surface area (Å²) in [6, 6.07) is 26.5. The number of hydrazone groups is 1. The van der Waals surface area contributed by atoms with E-state index < -0.39 is 0 Å². The third-order valence-electron chi connectivity index (χ3n) is 3.18. The van der Waals surface area contributed by atoms with Crippen LogP contribution in [0.5, 0.6) is 0 Å². The molecule has 5 heteroatoms. The van der Waals surface area contributed by atoms with Gasteiger partial charge in [-0.3, -0.25) is 5.43 Å². The number of amidine groups is 1. The predicted octanol–water partition coefficient (Wildman–Crippen LogP) is 5.90. The number of hydrogen-bond acceptors (Lipinski definition) is 3. The second-order valence-electron chi connectivity index (χ2n) is 4.96. The Morgan fingerprint density at radius 3 is 2.04 bits per heavy atom. The molecule has 3 aromatic carbocycles. The summed E-state index contributed by atoms with van der Waals surface area (Å²) in [5.74, 6) is 0.472. The summed E-state index contributed by atoms with van der Waals surface area (Å²) in [7, 11) is 0. The quantitative estimate of drug-likeness (QED) is 0.274. The first kappa shape index (κ1) is 15.9. The molecule has 0 amide bonds. The number of anilines is 1. The van der Waals surface area contributed by atoms with Crippen molar-refractivity contribution >= 4 is 28.8 Å². The van der Waals surface area contributed by atoms with Crippen molar-refractivity contribution < 1.29 is 0 Å². The molecule has 0 aliphatic carbocycles. The van der Waals surface area contributed by atoms with Gasteiger partial charge in [0.1, 0.15) is 0 Å². The minimum Gasteiger partial charge on any atom is -0.276 e. The number of nitrogens with zero attached hydrogens (tertiary/aromatic N) is 3. The van der Waals surface area contributed by atoms with Crippen LogP contribution in [0.3, 0.4) is 0 Å². The maximum absolute atomic E-state index is 5.95. The largest absolute Gasteiger partial charge is 0.276 e. The van der Waals surface area contributed by atoms with Crippen LogP contribution in [0.25, 0.3) is 0 Å². The Hall–Kier alpha value is -2.98. The van der Waals surface area contributed by atoms with E-state index in [9.17, 15) is 0 Å². The maximum atomic E-state index is 5.95. The lowest BCUT2D eigenvalue weighted by Crippen LogP contribution is -2.01. The minimum atomic E-state index is 0.472. The van der Waals surface area contributed by atoms with Gasteiger partial charge in [-0.1, -0.05) is 48.0 Å². The molecule has 0 saturated heterocycles. The van der Waals surface area contributed by atoms with Gasteiger partial charge < -0.3 is 0 Å². The zero-order chi connectivity index (χ0) is 16.6. The van der Waals surface area contributed by atoms with Crippen LogP contribution in [0.1, 0.15) is 5.56 Å². The molecule has 1 N–H and O–H groups in total. The number of para-hydroxylation sites is 1. The van der Waals surface area contributed by atoms with Crippen molar-refractivity contribution in [3.63, 3.8) is 0 Å². The van der Waals surface area contributed by atoms with Gasteiger partial charge >= 0.3 is 0 Å². The fraction of sp³-hybridized carbons (Fsp3) is 0. The van der Waals surface area contributed by atoms with Crippen molar-refractivity contribution in [2.24, 2.45) is 15.3 Å². The standard InChI is InChI=1S/C19H15ClN4/c20-16-13-11-15(12-14-16)19(23-21-17-7-3-1-4-8-17)24-22-18-9-5-2-6-10-18/h1-14,21H/b23-19-,24-22?. The molecule has 4 nitrogen and oxygen atoms in total. The number of hydrogen-bond donors (Lipinski definition) is 1. The van der Waals surface area contributed by atoms with Crippen LogP contribution in [0.15, 0.2) is 100 Å². The molecule has 0 heterocycles. The van der Waals surface area contributed by atoms with Crippen LogP contribution in [0.4, 0.5) is 11.4 Å². The minimum absolute atomic E-state index is 0.472. The lowest BCUT2D eigenvalue weighted by atomic mass is 10.2. The first-order valence-electron chi connectivity index (χ1n) is 7.43. The van der Waals surface area contributed by atoms with E-state index in [2.05, 4.69) is 20.8 Å². The Bertz CT molecular complexity index is 828. The van der Waals surface area contributed by atoms with E-state index in [4.69, 9.17) is 11.6 Å². The first-order chi connectivity index (χ1) is 11.8. The molecule has 0 unspecified atom stereocenters. The number of azo groups is 1. The van der Waals surface area contributed by atoms with E-state index in [-0.39, 0.29) is 0 Å². The monoisotopic (exact) mass is 334 g/mol. The highest BCUT2D eigenvalue weighted by molar-refractivity contribution is 6.30. The van der Waals surface area contributed by atoms with E-state index in [1.165, 1.54) is 0 Å². The van der Waals surface area contributed by atoms with Gasteiger partial charge in [0.05, 0.1) is 11.4 Å². The van der Waals surface area contributed by atoms with Crippen molar-refractivity contribution in [1.29, 1.82) is 0 Å². The normalized spacial score (nSPS) is 11.6. The summed E-state index contributed by atoms with van der Waals surface area (Å²) in [6.45, 7) is 0. The van der Waals surface area contributed by atoms with Gasteiger partial charge in [-0.25, -0.2) is 0 Å². The molecule has 118 valence electrons. The molecule has 0 atom stereocenters. The Morgan fingerprint density at radius 1 is 0.750 bits per heavy atom. The molecule has 0 aliphatic rings. The molecule has 3 aromatic rings. The molecule has 0 spiro atoms. The fourth-order valence-corrected chi connectivity index (χ4v) is 2.10. The first-order valence-corrected chi connectivity index (χ1v) is 7.80. The third-order valence-corrected chi connectivity index (χ3v) is 3.44. The van der Waals surface area contributed by atoms with Crippen molar-refractivity contribution in [3.8, 4) is 0 Å². The Morgan fingerprint density at radius 2 is 1.38 bits per heavy atom. The van der Waals surface area contributed by atoms with Crippen molar-refractivity contribution in [2.45, 2.75) is 0 Å². The SMILES string of the molecule is Clc1ccc(/C(N=Nc2ccccc2)=N/Nc2ccccc2)cc1. The molecule has 0 bridgehead atoms. The van der Waals surface area contributed by atoms with Crippen LogP contribution in [-0.4, -0.2) is 5.84 Å². The molecule has 0 saturated carbocycles. The second kappa shape index (κ2) is 8.04. The molecule has 0 radical (unpaired) electrons. The number of rotatable bonds is 4. The van der Waals surface area contributed by atoms with Gasteiger partial charge in [-0.15, -0.1) is 10.2 Å². The molecule has 3 rings (SSSR count). The van der Waals surface area contributed by atoms with Crippen LogP contribution < -0.4 is 5.43 Å². The second-order valence-corrected chi connectivity index (χ2v) is 5.39. The third kappa shape index (κ3) is 4.51. The van der Waals surface area contributed by atoms with Crippen LogP contribution >= 0.6 is 11.6 Å². The summed E-state index contributed by atoms with van der Waals surface area (Å²) in [5.41, 5.74) is 5.45. The molecule has 0 aromatic heterocycles. The lowest BCUT2D eigenvalue weighted by Gasteiger charge is -2.03. The average molecular weight is 335 g/mol. The zero-order valence-electron chi connectivity index (χ0n) is 12.8. The summed E-state index contributed by atoms with van der Waals surface area (Å²) in [5, 5.41) is 13.6. The van der Waals surface area contributed by atoms with Crippen molar-refractivity contribution in [1.82, 2.24) is 0 Å². The van der Waals surface area contributed by atoms with Crippen LogP contribution in [0, 0.1) is 0 Å². The summed E-state index contributed by atoms with van der Waals surface area (Å²) in [4.78, 5) is 0. The number of nitrogens with one attached hydrogen (secondary N) is 1. The highest BCUT2D eigenvalue weighted by Gasteiger charge is 2.03. The summed E-state index contributed by atoms with van der Waals surface area (Å²) >= 11 is 5.95. The van der Waals surface area contributed by atoms with Gasteiger partial charge in [-0.2, -0.15) is 5.10 Å².